The minimum atomic E-state index is 0.521. The van der Waals surface area contributed by atoms with Gasteiger partial charge < -0.3 is 20.5 Å². The lowest BCUT2D eigenvalue weighted by atomic mass is 10.1. The summed E-state index contributed by atoms with van der Waals surface area (Å²) in [4.78, 5) is 14.2. The van der Waals surface area contributed by atoms with Crippen LogP contribution in [0.5, 0.6) is 11.5 Å². The Hall–Kier alpha value is -3.52. The van der Waals surface area contributed by atoms with Crippen LogP contribution in [0.3, 0.4) is 0 Å². The molecule has 8 heteroatoms. The number of hydrogen-bond donors (Lipinski definition) is 2. The Morgan fingerprint density at radius 2 is 1.81 bits per heavy atom. The summed E-state index contributed by atoms with van der Waals surface area (Å²) in [7, 11) is 3.26. The number of nitrogens with two attached hydrogens (primary N) is 1. The van der Waals surface area contributed by atoms with Crippen molar-refractivity contribution in [1.29, 1.82) is 0 Å². The van der Waals surface area contributed by atoms with Crippen LogP contribution in [-0.4, -0.2) is 35.7 Å². The van der Waals surface area contributed by atoms with E-state index in [1.54, 1.807) is 20.4 Å². The quantitative estimate of drug-likeness (QED) is 0.394. The standard InChI is InChI=1S/C23H23N5O2S/c1-29-17-9-8-15(13-18(17)30-2)10-12-26-22-20(24)23(28-14-27-22)31-19-7-3-5-16-6-4-11-25-21(16)19/h3-9,11,13-14H,10,12,24H2,1-2H3,(H,26,27,28). The zero-order chi connectivity index (χ0) is 21.6. The van der Waals surface area contributed by atoms with Gasteiger partial charge in [-0.2, -0.15) is 0 Å². The second kappa shape index (κ2) is 9.53. The average Bonchev–Trinajstić information content (AvgIpc) is 2.81. The highest BCUT2D eigenvalue weighted by Gasteiger charge is 2.12. The molecule has 0 aliphatic heterocycles. The monoisotopic (exact) mass is 433 g/mol. The van der Waals surface area contributed by atoms with Crippen LogP contribution in [0.15, 0.2) is 71.0 Å². The fourth-order valence-corrected chi connectivity index (χ4v) is 4.15. The Kier molecular flexibility index (Phi) is 6.37. The molecule has 0 amide bonds. The molecule has 2 heterocycles. The molecule has 0 aliphatic carbocycles. The molecule has 158 valence electrons. The molecule has 0 unspecified atom stereocenters. The summed E-state index contributed by atoms with van der Waals surface area (Å²) in [6.45, 7) is 0.663. The second-order valence-corrected chi connectivity index (χ2v) is 7.77. The highest BCUT2D eigenvalue weighted by Crippen LogP contribution is 2.36. The van der Waals surface area contributed by atoms with Crippen molar-refractivity contribution < 1.29 is 9.47 Å². The minimum absolute atomic E-state index is 0.521. The molecular formula is C23H23N5O2S. The molecule has 2 aromatic carbocycles. The first-order valence-corrected chi connectivity index (χ1v) is 10.6. The summed E-state index contributed by atoms with van der Waals surface area (Å²) < 4.78 is 10.7. The van der Waals surface area contributed by atoms with E-state index in [4.69, 9.17) is 15.2 Å². The number of anilines is 2. The van der Waals surface area contributed by atoms with Crippen molar-refractivity contribution in [2.24, 2.45) is 0 Å². The zero-order valence-corrected chi connectivity index (χ0v) is 18.1. The molecule has 0 bridgehead atoms. The number of para-hydroxylation sites is 1. The van der Waals surface area contributed by atoms with Crippen LogP contribution < -0.4 is 20.5 Å². The molecule has 2 aromatic heterocycles. The third-order valence-corrected chi connectivity index (χ3v) is 5.87. The summed E-state index contributed by atoms with van der Waals surface area (Å²) in [6.07, 6.45) is 4.09. The van der Waals surface area contributed by atoms with Gasteiger partial charge in [-0.15, -0.1) is 0 Å². The van der Waals surface area contributed by atoms with E-state index < -0.39 is 0 Å². The van der Waals surface area contributed by atoms with Gasteiger partial charge in [0.15, 0.2) is 17.3 Å². The zero-order valence-electron chi connectivity index (χ0n) is 17.3. The lowest BCUT2D eigenvalue weighted by molar-refractivity contribution is 0.354. The molecule has 0 saturated carbocycles. The number of nitrogens with zero attached hydrogens (tertiary/aromatic N) is 3. The number of benzene rings is 2. The van der Waals surface area contributed by atoms with Gasteiger partial charge in [-0.25, -0.2) is 9.97 Å². The van der Waals surface area contributed by atoms with E-state index >= 15 is 0 Å². The van der Waals surface area contributed by atoms with Crippen LogP contribution in [0.2, 0.25) is 0 Å². The fraction of sp³-hybridized carbons (Fsp3) is 0.174. The van der Waals surface area contributed by atoms with Crippen molar-refractivity contribution in [3.63, 3.8) is 0 Å². The molecule has 4 rings (SSSR count). The number of hydrogen-bond acceptors (Lipinski definition) is 8. The smallest absolute Gasteiger partial charge is 0.160 e. The topological polar surface area (TPSA) is 95.2 Å². The maximum absolute atomic E-state index is 6.37. The number of ether oxygens (including phenoxy) is 2. The van der Waals surface area contributed by atoms with Crippen molar-refractivity contribution >= 4 is 34.2 Å². The van der Waals surface area contributed by atoms with Gasteiger partial charge in [0.1, 0.15) is 17.0 Å². The van der Waals surface area contributed by atoms with Gasteiger partial charge in [-0.1, -0.05) is 36.0 Å². The Balaban J connectivity index is 1.47. The molecule has 4 aromatic rings. The predicted octanol–water partition coefficient (Wildman–Crippen LogP) is 4.43. The highest BCUT2D eigenvalue weighted by molar-refractivity contribution is 7.99. The number of pyridine rings is 1. The van der Waals surface area contributed by atoms with E-state index in [0.29, 0.717) is 34.6 Å². The van der Waals surface area contributed by atoms with E-state index in [2.05, 4.69) is 20.3 Å². The summed E-state index contributed by atoms with van der Waals surface area (Å²) >= 11 is 1.49. The van der Waals surface area contributed by atoms with Crippen LogP contribution in [0.25, 0.3) is 10.9 Å². The number of nitrogens with one attached hydrogen (secondary N) is 1. The summed E-state index contributed by atoms with van der Waals surface area (Å²) in [6, 6.07) is 15.9. The first-order chi connectivity index (χ1) is 15.2. The Labute approximate surface area is 185 Å². The molecule has 7 nitrogen and oxygen atoms in total. The van der Waals surface area contributed by atoms with Crippen molar-refractivity contribution in [3.05, 3.63) is 66.6 Å². The van der Waals surface area contributed by atoms with E-state index in [-0.39, 0.29) is 0 Å². The van der Waals surface area contributed by atoms with Crippen LogP contribution in [0.1, 0.15) is 5.56 Å². The van der Waals surface area contributed by atoms with Crippen LogP contribution >= 0.6 is 11.8 Å². The SMILES string of the molecule is COc1ccc(CCNc2ncnc(Sc3cccc4cccnc34)c2N)cc1OC. The molecule has 3 N–H and O–H groups in total. The summed E-state index contributed by atoms with van der Waals surface area (Å²) in [5.41, 5.74) is 8.94. The van der Waals surface area contributed by atoms with E-state index in [9.17, 15) is 0 Å². The van der Waals surface area contributed by atoms with Crippen molar-refractivity contribution in [1.82, 2.24) is 15.0 Å². The second-order valence-electron chi connectivity index (χ2n) is 6.74. The van der Waals surface area contributed by atoms with Crippen molar-refractivity contribution in [2.45, 2.75) is 16.3 Å². The normalized spacial score (nSPS) is 10.8. The van der Waals surface area contributed by atoms with Crippen molar-refractivity contribution in [3.8, 4) is 11.5 Å². The lowest BCUT2D eigenvalue weighted by Gasteiger charge is -2.12. The molecule has 0 spiro atoms. The number of aromatic nitrogens is 3. The van der Waals surface area contributed by atoms with Gasteiger partial charge in [0, 0.05) is 23.0 Å². The molecular weight excluding hydrogens is 410 g/mol. The van der Waals surface area contributed by atoms with Crippen LogP contribution in [-0.2, 0) is 6.42 Å². The summed E-state index contributed by atoms with van der Waals surface area (Å²) in [5.74, 6) is 2.04. The highest BCUT2D eigenvalue weighted by atomic mass is 32.2. The number of fused-ring (bicyclic) bond motifs is 1. The molecule has 0 radical (unpaired) electrons. The van der Waals surface area contributed by atoms with Crippen LogP contribution in [0.4, 0.5) is 11.5 Å². The Morgan fingerprint density at radius 3 is 2.65 bits per heavy atom. The lowest BCUT2D eigenvalue weighted by Crippen LogP contribution is -2.10. The van der Waals surface area contributed by atoms with Gasteiger partial charge in [0.05, 0.1) is 19.7 Å². The number of methoxy groups -OCH3 is 2. The maximum atomic E-state index is 6.37. The average molecular weight is 434 g/mol. The Bertz CT molecular complexity index is 1200. The Morgan fingerprint density at radius 1 is 0.968 bits per heavy atom. The number of rotatable bonds is 8. The molecule has 0 atom stereocenters. The van der Waals surface area contributed by atoms with E-state index in [1.165, 1.54) is 18.1 Å². The minimum Gasteiger partial charge on any atom is -0.493 e. The number of nitrogen functional groups attached to an aromatic ring is 1. The first kappa shape index (κ1) is 20.7. The predicted molar refractivity (Wildman–Crippen MR) is 124 cm³/mol. The third-order valence-electron chi connectivity index (χ3n) is 4.80. The van der Waals surface area contributed by atoms with Gasteiger partial charge in [-0.05, 0) is 36.2 Å². The third kappa shape index (κ3) is 4.64. The van der Waals surface area contributed by atoms with Gasteiger partial charge in [0.2, 0.25) is 0 Å². The molecule has 0 aliphatic rings. The van der Waals surface area contributed by atoms with E-state index in [1.807, 2.05) is 48.5 Å². The molecule has 0 fully saturated rings. The largest absolute Gasteiger partial charge is 0.493 e. The van der Waals surface area contributed by atoms with Gasteiger partial charge in [0.25, 0.3) is 0 Å². The fourth-order valence-electron chi connectivity index (χ4n) is 3.23. The van der Waals surface area contributed by atoms with Crippen molar-refractivity contribution in [2.75, 3.05) is 31.8 Å². The first-order valence-electron chi connectivity index (χ1n) is 9.76. The summed E-state index contributed by atoms with van der Waals surface area (Å²) in [5, 5.41) is 5.09. The molecule has 31 heavy (non-hydrogen) atoms. The van der Waals surface area contributed by atoms with E-state index in [0.717, 1.165) is 27.8 Å². The maximum Gasteiger partial charge on any atom is 0.160 e. The van der Waals surface area contributed by atoms with Gasteiger partial charge >= 0.3 is 0 Å². The molecule has 0 saturated heterocycles. The van der Waals surface area contributed by atoms with Gasteiger partial charge in [-0.3, -0.25) is 4.98 Å². The van der Waals surface area contributed by atoms with Crippen LogP contribution in [0, 0.1) is 0 Å².